The molecular formula is C27H34ClFN2O4. The average molecular weight is 505 g/mol. The number of ether oxygens (including phenoxy) is 3. The molecular weight excluding hydrogens is 471 g/mol. The first kappa shape index (κ1) is 25.6. The second kappa shape index (κ2) is 11.5. The molecule has 1 saturated heterocycles. The lowest BCUT2D eigenvalue weighted by Gasteiger charge is -2.28. The summed E-state index contributed by atoms with van der Waals surface area (Å²) in [6.07, 6.45) is 1.55. The first-order valence-corrected chi connectivity index (χ1v) is 12.6. The van der Waals surface area contributed by atoms with Crippen molar-refractivity contribution >= 4 is 17.5 Å². The van der Waals surface area contributed by atoms with E-state index in [1.165, 1.54) is 6.07 Å². The van der Waals surface area contributed by atoms with Crippen LogP contribution in [0.3, 0.4) is 0 Å². The molecule has 2 aromatic carbocycles. The summed E-state index contributed by atoms with van der Waals surface area (Å²) >= 11 is 6.49. The SMILES string of the molecule is COc1ccc(F)c(CN2CCC(C(=O)N(Cc3cc(Cl)c4c(c3)OCCCO4)CC(C)C)C2)c1. The molecule has 35 heavy (non-hydrogen) atoms. The third-order valence-corrected chi connectivity index (χ3v) is 6.68. The first-order chi connectivity index (χ1) is 16.8. The molecule has 2 aliphatic heterocycles. The maximum Gasteiger partial charge on any atom is 0.227 e. The first-order valence-electron chi connectivity index (χ1n) is 12.3. The number of methoxy groups -OCH3 is 1. The predicted octanol–water partition coefficient (Wildman–Crippen LogP) is 5.16. The highest BCUT2D eigenvalue weighted by molar-refractivity contribution is 6.32. The van der Waals surface area contributed by atoms with Crippen LogP contribution in [0.1, 0.15) is 37.8 Å². The lowest BCUT2D eigenvalue weighted by molar-refractivity contribution is -0.136. The van der Waals surface area contributed by atoms with Crippen molar-refractivity contribution in [1.82, 2.24) is 9.80 Å². The van der Waals surface area contributed by atoms with Gasteiger partial charge in [-0.2, -0.15) is 0 Å². The molecule has 0 bridgehead atoms. The van der Waals surface area contributed by atoms with E-state index < -0.39 is 0 Å². The number of benzene rings is 2. The molecule has 190 valence electrons. The fourth-order valence-electron chi connectivity index (χ4n) is 4.75. The van der Waals surface area contributed by atoms with E-state index in [9.17, 15) is 9.18 Å². The summed E-state index contributed by atoms with van der Waals surface area (Å²) in [6.45, 7) is 8.26. The van der Waals surface area contributed by atoms with Crippen molar-refractivity contribution in [2.75, 3.05) is 40.0 Å². The van der Waals surface area contributed by atoms with Crippen molar-refractivity contribution in [2.45, 2.75) is 39.8 Å². The number of hydrogen-bond acceptors (Lipinski definition) is 5. The molecule has 1 amide bonds. The van der Waals surface area contributed by atoms with Gasteiger partial charge in [-0.15, -0.1) is 0 Å². The molecule has 2 aromatic rings. The van der Waals surface area contributed by atoms with Crippen LogP contribution in [0.15, 0.2) is 30.3 Å². The lowest BCUT2D eigenvalue weighted by atomic mass is 10.0. The molecule has 1 atom stereocenters. The molecule has 6 nitrogen and oxygen atoms in total. The predicted molar refractivity (Wildman–Crippen MR) is 134 cm³/mol. The molecule has 2 aliphatic rings. The van der Waals surface area contributed by atoms with Crippen LogP contribution in [-0.4, -0.2) is 55.7 Å². The Balaban J connectivity index is 1.45. The van der Waals surface area contributed by atoms with Crippen molar-refractivity contribution in [3.63, 3.8) is 0 Å². The Morgan fingerprint density at radius 3 is 2.83 bits per heavy atom. The van der Waals surface area contributed by atoms with Crippen LogP contribution in [0.4, 0.5) is 4.39 Å². The van der Waals surface area contributed by atoms with Crippen molar-refractivity contribution in [3.8, 4) is 17.2 Å². The standard InChI is InChI=1S/C27H34ClFN2O4/c1-18(2)14-31(15-19-11-23(28)26-25(12-19)34-9-4-10-35-26)27(32)20-7-8-30(16-20)17-21-13-22(33-3)5-6-24(21)29/h5-6,11-13,18,20H,4,7-10,14-17H2,1-3H3. The number of carbonyl (C=O) groups is 1. The molecule has 8 heteroatoms. The molecule has 1 unspecified atom stereocenters. The minimum absolute atomic E-state index is 0.121. The van der Waals surface area contributed by atoms with E-state index in [-0.39, 0.29) is 17.6 Å². The summed E-state index contributed by atoms with van der Waals surface area (Å²) in [5, 5.41) is 0.503. The van der Waals surface area contributed by atoms with Gasteiger partial charge < -0.3 is 19.1 Å². The number of amides is 1. The molecule has 1 fully saturated rings. The Morgan fingerprint density at radius 1 is 1.26 bits per heavy atom. The summed E-state index contributed by atoms with van der Waals surface area (Å²) < 4.78 is 31.1. The van der Waals surface area contributed by atoms with Crippen LogP contribution in [0.5, 0.6) is 17.2 Å². The van der Waals surface area contributed by atoms with Gasteiger partial charge in [-0.05, 0) is 54.8 Å². The average Bonchev–Trinajstić information content (AvgIpc) is 3.15. The fraction of sp³-hybridized carbons (Fsp3) is 0.519. The zero-order valence-electron chi connectivity index (χ0n) is 20.7. The van der Waals surface area contributed by atoms with Gasteiger partial charge in [0.2, 0.25) is 5.91 Å². The number of hydrogen-bond donors (Lipinski definition) is 0. The van der Waals surface area contributed by atoms with Crippen LogP contribution in [0, 0.1) is 17.7 Å². The van der Waals surface area contributed by atoms with E-state index in [0.29, 0.717) is 73.1 Å². The van der Waals surface area contributed by atoms with Crippen molar-refractivity contribution < 1.29 is 23.4 Å². The highest BCUT2D eigenvalue weighted by atomic mass is 35.5. The number of halogens is 2. The minimum atomic E-state index is -0.256. The van der Waals surface area contributed by atoms with E-state index in [2.05, 4.69) is 18.7 Å². The number of rotatable bonds is 8. The Hall–Kier alpha value is -2.51. The van der Waals surface area contributed by atoms with Crippen molar-refractivity contribution in [1.29, 1.82) is 0 Å². The third-order valence-electron chi connectivity index (χ3n) is 6.40. The van der Waals surface area contributed by atoms with Gasteiger partial charge in [-0.3, -0.25) is 9.69 Å². The van der Waals surface area contributed by atoms with Gasteiger partial charge in [0.25, 0.3) is 0 Å². The smallest absolute Gasteiger partial charge is 0.227 e. The summed E-state index contributed by atoms with van der Waals surface area (Å²) in [7, 11) is 1.57. The maximum absolute atomic E-state index is 14.3. The number of likely N-dealkylation sites (tertiary alicyclic amines) is 1. The van der Waals surface area contributed by atoms with Gasteiger partial charge in [-0.25, -0.2) is 4.39 Å². The number of fused-ring (bicyclic) bond motifs is 1. The van der Waals surface area contributed by atoms with Crippen molar-refractivity contribution in [2.24, 2.45) is 11.8 Å². The molecule has 0 N–H and O–H groups in total. The van der Waals surface area contributed by atoms with Crippen molar-refractivity contribution in [3.05, 3.63) is 52.3 Å². The second-order valence-corrected chi connectivity index (χ2v) is 10.2. The minimum Gasteiger partial charge on any atom is -0.497 e. The Morgan fingerprint density at radius 2 is 2.06 bits per heavy atom. The molecule has 0 radical (unpaired) electrons. The van der Waals surface area contributed by atoms with Crippen LogP contribution in [0.25, 0.3) is 0 Å². The second-order valence-electron chi connectivity index (χ2n) is 9.75. The number of nitrogens with zero attached hydrogens (tertiary/aromatic N) is 2. The van der Waals surface area contributed by atoms with Gasteiger partial charge >= 0.3 is 0 Å². The largest absolute Gasteiger partial charge is 0.497 e. The van der Waals surface area contributed by atoms with Crippen LogP contribution in [0.2, 0.25) is 5.02 Å². The molecule has 0 saturated carbocycles. The van der Waals surface area contributed by atoms with Crippen LogP contribution < -0.4 is 14.2 Å². The van der Waals surface area contributed by atoms with Crippen LogP contribution in [-0.2, 0) is 17.9 Å². The van der Waals surface area contributed by atoms with E-state index in [1.54, 1.807) is 19.2 Å². The van der Waals surface area contributed by atoms with Crippen LogP contribution >= 0.6 is 11.6 Å². The summed E-state index contributed by atoms with van der Waals surface area (Å²) in [5.41, 5.74) is 1.50. The van der Waals surface area contributed by atoms with Gasteiger partial charge in [0.05, 0.1) is 31.3 Å². The summed E-state index contributed by atoms with van der Waals surface area (Å²) in [6, 6.07) is 8.56. The maximum atomic E-state index is 14.3. The van der Waals surface area contributed by atoms with Gasteiger partial charge in [-0.1, -0.05) is 25.4 Å². The van der Waals surface area contributed by atoms with E-state index in [1.807, 2.05) is 17.0 Å². The van der Waals surface area contributed by atoms with E-state index in [0.717, 1.165) is 24.9 Å². The molecule has 4 rings (SSSR count). The Labute approximate surface area is 211 Å². The quantitative estimate of drug-likeness (QED) is 0.497. The zero-order chi connectivity index (χ0) is 24.9. The molecule has 0 aliphatic carbocycles. The lowest BCUT2D eigenvalue weighted by Crippen LogP contribution is -2.39. The molecule has 2 heterocycles. The monoisotopic (exact) mass is 504 g/mol. The topological polar surface area (TPSA) is 51.2 Å². The highest BCUT2D eigenvalue weighted by Gasteiger charge is 2.32. The fourth-order valence-corrected chi connectivity index (χ4v) is 5.03. The normalized spacial score (nSPS) is 17.9. The van der Waals surface area contributed by atoms with E-state index in [4.69, 9.17) is 25.8 Å². The van der Waals surface area contributed by atoms with Gasteiger partial charge in [0, 0.05) is 38.2 Å². The third kappa shape index (κ3) is 6.39. The van der Waals surface area contributed by atoms with E-state index >= 15 is 0 Å². The summed E-state index contributed by atoms with van der Waals surface area (Å²) in [4.78, 5) is 17.7. The Kier molecular flexibility index (Phi) is 8.39. The van der Waals surface area contributed by atoms with Gasteiger partial charge in [0.15, 0.2) is 11.5 Å². The highest BCUT2D eigenvalue weighted by Crippen LogP contribution is 2.38. The van der Waals surface area contributed by atoms with Gasteiger partial charge in [0.1, 0.15) is 11.6 Å². The Bertz CT molecular complexity index is 1050. The number of carbonyl (C=O) groups excluding carboxylic acids is 1. The zero-order valence-corrected chi connectivity index (χ0v) is 21.4. The molecule has 0 aromatic heterocycles. The molecule has 0 spiro atoms. The summed E-state index contributed by atoms with van der Waals surface area (Å²) in [5.74, 6) is 1.89.